The molecule has 6 heteroatoms. The van der Waals surface area contributed by atoms with Crippen molar-refractivity contribution in [2.75, 3.05) is 7.11 Å². The minimum Gasteiger partial charge on any atom is -0.465 e. The van der Waals surface area contributed by atoms with Crippen LogP contribution in [0.2, 0.25) is 0 Å². The van der Waals surface area contributed by atoms with Gasteiger partial charge in [0.1, 0.15) is 0 Å². The normalized spacial score (nSPS) is 21.2. The fourth-order valence-electron chi connectivity index (χ4n) is 2.71. The van der Waals surface area contributed by atoms with Crippen LogP contribution in [0, 0.1) is 5.41 Å². The summed E-state index contributed by atoms with van der Waals surface area (Å²) >= 11 is 0. The lowest BCUT2D eigenvalue weighted by molar-refractivity contribution is 0.0600. The second-order valence-electron chi connectivity index (χ2n) is 6.24. The van der Waals surface area contributed by atoms with Crippen LogP contribution in [0.1, 0.15) is 43.5 Å². The maximum atomic E-state index is 12.3. The quantitative estimate of drug-likeness (QED) is 0.866. The van der Waals surface area contributed by atoms with E-state index in [4.69, 9.17) is 0 Å². The van der Waals surface area contributed by atoms with E-state index in [-0.39, 0.29) is 16.4 Å². The molecular weight excluding hydrogens is 290 g/mol. The van der Waals surface area contributed by atoms with Gasteiger partial charge in [0.2, 0.25) is 10.0 Å². The lowest BCUT2D eigenvalue weighted by Crippen LogP contribution is -2.33. The Hall–Kier alpha value is -1.40. The van der Waals surface area contributed by atoms with E-state index < -0.39 is 16.0 Å². The van der Waals surface area contributed by atoms with Crippen LogP contribution in [-0.4, -0.2) is 27.5 Å². The zero-order valence-electron chi connectivity index (χ0n) is 12.5. The van der Waals surface area contributed by atoms with E-state index in [0.717, 1.165) is 19.3 Å². The van der Waals surface area contributed by atoms with Gasteiger partial charge in [0.15, 0.2) is 0 Å². The van der Waals surface area contributed by atoms with Crippen molar-refractivity contribution in [2.45, 2.75) is 44.0 Å². The van der Waals surface area contributed by atoms with Gasteiger partial charge >= 0.3 is 5.97 Å². The van der Waals surface area contributed by atoms with Crippen LogP contribution in [0.5, 0.6) is 0 Å². The fourth-order valence-corrected chi connectivity index (χ4v) is 3.98. The van der Waals surface area contributed by atoms with Crippen molar-refractivity contribution < 1.29 is 17.9 Å². The van der Waals surface area contributed by atoms with Gasteiger partial charge in [-0.2, -0.15) is 0 Å². The van der Waals surface area contributed by atoms with Gasteiger partial charge in [0.05, 0.1) is 17.6 Å². The molecule has 1 aliphatic carbocycles. The predicted octanol–water partition coefficient (Wildman–Crippen LogP) is 2.33. The van der Waals surface area contributed by atoms with E-state index in [2.05, 4.69) is 23.3 Å². The summed E-state index contributed by atoms with van der Waals surface area (Å²) in [6, 6.07) is 5.74. The molecule has 5 nitrogen and oxygen atoms in total. The first-order valence-electron chi connectivity index (χ1n) is 6.94. The smallest absolute Gasteiger partial charge is 0.337 e. The van der Waals surface area contributed by atoms with Crippen molar-refractivity contribution in [3.8, 4) is 0 Å². The maximum absolute atomic E-state index is 12.3. The molecule has 1 saturated carbocycles. The van der Waals surface area contributed by atoms with Crippen molar-refractivity contribution in [1.29, 1.82) is 0 Å². The van der Waals surface area contributed by atoms with Crippen LogP contribution >= 0.6 is 0 Å². The molecule has 0 heterocycles. The van der Waals surface area contributed by atoms with E-state index in [1.165, 1.54) is 31.4 Å². The Morgan fingerprint density at radius 1 is 1.29 bits per heavy atom. The summed E-state index contributed by atoms with van der Waals surface area (Å²) in [4.78, 5) is 11.5. The number of methoxy groups -OCH3 is 1. The third kappa shape index (κ3) is 3.83. The molecule has 1 aromatic rings. The van der Waals surface area contributed by atoms with Crippen molar-refractivity contribution in [3.63, 3.8) is 0 Å². The Labute approximate surface area is 125 Å². The number of nitrogens with one attached hydrogen (secondary N) is 1. The predicted molar refractivity (Wildman–Crippen MR) is 79.5 cm³/mol. The Balaban J connectivity index is 2.11. The molecule has 0 aliphatic heterocycles. The molecule has 1 aromatic carbocycles. The van der Waals surface area contributed by atoms with Crippen LogP contribution in [0.15, 0.2) is 29.2 Å². The van der Waals surface area contributed by atoms with E-state index in [0.29, 0.717) is 5.56 Å². The van der Waals surface area contributed by atoms with Crippen LogP contribution in [-0.2, 0) is 14.8 Å². The summed E-state index contributed by atoms with van der Waals surface area (Å²) in [5.41, 5.74) is 0.514. The Bertz CT molecular complexity index is 620. The highest BCUT2D eigenvalue weighted by atomic mass is 32.2. The average Bonchev–Trinajstić information content (AvgIpc) is 2.76. The van der Waals surface area contributed by atoms with Crippen molar-refractivity contribution >= 4 is 16.0 Å². The van der Waals surface area contributed by atoms with E-state index in [1.54, 1.807) is 0 Å². The molecule has 0 amide bonds. The van der Waals surface area contributed by atoms with Gasteiger partial charge in [-0.3, -0.25) is 0 Å². The van der Waals surface area contributed by atoms with Gasteiger partial charge in [0.25, 0.3) is 0 Å². The highest BCUT2D eigenvalue weighted by Gasteiger charge is 2.33. The number of sulfonamides is 1. The van der Waals surface area contributed by atoms with Gasteiger partial charge in [-0.1, -0.05) is 13.8 Å². The summed E-state index contributed by atoms with van der Waals surface area (Å²) in [6.07, 6.45) is 2.71. The number of hydrogen-bond donors (Lipinski definition) is 1. The zero-order chi connectivity index (χ0) is 15.7. The first-order valence-corrected chi connectivity index (χ1v) is 8.42. The standard InChI is InChI=1S/C15H21NO4S/c1-15(2)9-8-12(10-15)16-21(18,19)13-6-4-11(5-7-13)14(17)20-3/h4-7,12,16H,8-10H2,1-3H3. The minimum absolute atomic E-state index is 0.0229. The number of benzene rings is 1. The number of carbonyl (C=O) groups excluding carboxylic acids is 1. The van der Waals surface area contributed by atoms with Crippen molar-refractivity contribution in [1.82, 2.24) is 4.72 Å². The number of rotatable bonds is 4. The van der Waals surface area contributed by atoms with E-state index in [1.807, 2.05) is 0 Å². The lowest BCUT2D eigenvalue weighted by Gasteiger charge is -2.18. The first-order chi connectivity index (χ1) is 9.73. The second kappa shape index (κ2) is 5.77. The molecule has 0 saturated heterocycles. The summed E-state index contributed by atoms with van der Waals surface area (Å²) in [7, 11) is -2.26. The third-order valence-electron chi connectivity index (χ3n) is 3.88. The van der Waals surface area contributed by atoms with Crippen LogP contribution in [0.3, 0.4) is 0 Å². The van der Waals surface area contributed by atoms with Gasteiger partial charge in [0, 0.05) is 6.04 Å². The summed E-state index contributed by atoms with van der Waals surface area (Å²) < 4.78 is 32.0. The van der Waals surface area contributed by atoms with E-state index in [9.17, 15) is 13.2 Å². The molecule has 0 radical (unpaired) electrons. The average molecular weight is 311 g/mol. The first kappa shape index (κ1) is 16.0. The van der Waals surface area contributed by atoms with Crippen molar-refractivity contribution in [2.24, 2.45) is 5.41 Å². The zero-order valence-corrected chi connectivity index (χ0v) is 13.4. The molecule has 1 atom stereocenters. The summed E-state index contributed by atoms with van der Waals surface area (Å²) in [6.45, 7) is 4.29. The molecule has 21 heavy (non-hydrogen) atoms. The van der Waals surface area contributed by atoms with E-state index >= 15 is 0 Å². The number of ether oxygens (including phenoxy) is 1. The van der Waals surface area contributed by atoms with Gasteiger partial charge < -0.3 is 4.74 Å². The Kier molecular flexibility index (Phi) is 4.39. The molecule has 1 unspecified atom stereocenters. The highest BCUT2D eigenvalue weighted by Crippen LogP contribution is 2.37. The summed E-state index contributed by atoms with van der Waals surface area (Å²) in [5.74, 6) is -0.482. The largest absolute Gasteiger partial charge is 0.465 e. The fraction of sp³-hybridized carbons (Fsp3) is 0.533. The van der Waals surface area contributed by atoms with Crippen molar-refractivity contribution in [3.05, 3.63) is 29.8 Å². The van der Waals surface area contributed by atoms with Crippen LogP contribution in [0.4, 0.5) is 0 Å². The van der Waals surface area contributed by atoms with Crippen LogP contribution < -0.4 is 4.72 Å². The van der Waals surface area contributed by atoms with Crippen LogP contribution in [0.25, 0.3) is 0 Å². The molecule has 116 valence electrons. The maximum Gasteiger partial charge on any atom is 0.337 e. The number of carbonyl (C=O) groups is 1. The topological polar surface area (TPSA) is 72.5 Å². The molecular formula is C15H21NO4S. The highest BCUT2D eigenvalue weighted by molar-refractivity contribution is 7.89. The molecule has 1 N–H and O–H groups in total. The lowest BCUT2D eigenvalue weighted by atomic mass is 9.92. The van der Waals surface area contributed by atoms with Gasteiger partial charge in [-0.05, 0) is 48.9 Å². The van der Waals surface area contributed by atoms with Gasteiger partial charge in [-0.15, -0.1) is 0 Å². The minimum atomic E-state index is -3.55. The monoisotopic (exact) mass is 311 g/mol. The van der Waals surface area contributed by atoms with Gasteiger partial charge in [-0.25, -0.2) is 17.9 Å². The number of esters is 1. The molecule has 1 fully saturated rings. The Morgan fingerprint density at radius 3 is 2.38 bits per heavy atom. The molecule has 0 spiro atoms. The molecule has 0 aromatic heterocycles. The summed E-state index contributed by atoms with van der Waals surface area (Å²) in [5, 5.41) is 0. The molecule has 1 aliphatic rings. The second-order valence-corrected chi connectivity index (χ2v) is 7.96. The number of hydrogen-bond acceptors (Lipinski definition) is 4. The SMILES string of the molecule is COC(=O)c1ccc(S(=O)(=O)NC2CCC(C)(C)C2)cc1. The molecule has 2 rings (SSSR count). The third-order valence-corrected chi connectivity index (χ3v) is 5.41. The molecule has 0 bridgehead atoms. The Morgan fingerprint density at radius 2 is 1.90 bits per heavy atom.